The van der Waals surface area contributed by atoms with Gasteiger partial charge in [-0.3, -0.25) is 9.48 Å². The van der Waals surface area contributed by atoms with E-state index in [1.54, 1.807) is 56.2 Å². The summed E-state index contributed by atoms with van der Waals surface area (Å²) in [6.45, 7) is 0.773. The van der Waals surface area contributed by atoms with Crippen LogP contribution in [0.3, 0.4) is 0 Å². The molecule has 10 heteroatoms. The largest absolute Gasteiger partial charge is 0.497 e. The van der Waals surface area contributed by atoms with Gasteiger partial charge in [0.25, 0.3) is 5.91 Å². The number of carbonyl (C=O) groups is 2. The summed E-state index contributed by atoms with van der Waals surface area (Å²) in [4.78, 5) is 27.7. The van der Waals surface area contributed by atoms with E-state index >= 15 is 0 Å². The molecule has 230 valence electrons. The first-order chi connectivity index (χ1) is 21.3. The molecule has 1 saturated carbocycles. The molecule has 5 rings (SSSR count). The molecule has 3 aromatic carbocycles. The van der Waals surface area contributed by atoms with Crippen LogP contribution in [0, 0.1) is 0 Å². The number of carbonyl (C=O) groups excluding carboxylic acids is 2. The number of ether oxygens (including phenoxy) is 5. The Kier molecular flexibility index (Phi) is 9.38. The molecule has 1 amide bonds. The molecule has 0 radical (unpaired) electrons. The van der Waals surface area contributed by atoms with Crippen LogP contribution in [0.1, 0.15) is 62.0 Å². The van der Waals surface area contributed by atoms with Gasteiger partial charge in [0.1, 0.15) is 23.8 Å². The monoisotopic (exact) mass is 599 g/mol. The molecule has 1 aliphatic rings. The molecule has 0 aliphatic heterocycles. The first kappa shape index (κ1) is 30.5. The van der Waals surface area contributed by atoms with Crippen LogP contribution in [0.15, 0.2) is 66.7 Å². The Morgan fingerprint density at radius 3 is 2.27 bits per heavy atom. The Balaban J connectivity index is 1.42. The molecule has 0 bridgehead atoms. The van der Waals surface area contributed by atoms with Crippen LogP contribution < -0.4 is 18.9 Å². The third kappa shape index (κ3) is 6.80. The van der Waals surface area contributed by atoms with Crippen molar-refractivity contribution in [1.29, 1.82) is 0 Å². The summed E-state index contributed by atoms with van der Waals surface area (Å²) in [7, 11) is 7.93. The van der Waals surface area contributed by atoms with Crippen molar-refractivity contribution in [3.63, 3.8) is 0 Å². The molecule has 0 atom stereocenters. The van der Waals surface area contributed by atoms with E-state index in [0.29, 0.717) is 40.2 Å². The van der Waals surface area contributed by atoms with Gasteiger partial charge < -0.3 is 28.6 Å². The average Bonchev–Trinajstić information content (AvgIpc) is 3.84. The molecule has 0 spiro atoms. The zero-order valence-electron chi connectivity index (χ0n) is 25.7. The van der Waals surface area contributed by atoms with Crippen molar-refractivity contribution in [2.45, 2.75) is 38.5 Å². The molecule has 10 nitrogen and oxygen atoms in total. The number of aryl methyl sites for hydroxylation is 1. The van der Waals surface area contributed by atoms with Crippen LogP contribution in [-0.2, 0) is 31.5 Å². The lowest BCUT2D eigenvalue weighted by atomic mass is 10.1. The molecule has 4 aromatic rings. The van der Waals surface area contributed by atoms with Gasteiger partial charge in [-0.15, -0.1) is 0 Å². The highest BCUT2D eigenvalue weighted by molar-refractivity contribution is 5.93. The van der Waals surface area contributed by atoms with Crippen molar-refractivity contribution in [3.05, 3.63) is 100 Å². The molecule has 1 aliphatic carbocycles. The number of methoxy groups -OCH3 is 4. The lowest BCUT2D eigenvalue weighted by molar-refractivity contribution is 0.0600. The van der Waals surface area contributed by atoms with Gasteiger partial charge in [0.2, 0.25) is 0 Å². The van der Waals surface area contributed by atoms with Crippen molar-refractivity contribution in [2.24, 2.45) is 7.05 Å². The second-order valence-electron chi connectivity index (χ2n) is 10.6. The van der Waals surface area contributed by atoms with Gasteiger partial charge in [0, 0.05) is 30.2 Å². The van der Waals surface area contributed by atoms with E-state index in [-0.39, 0.29) is 25.6 Å². The van der Waals surface area contributed by atoms with Gasteiger partial charge in [-0.1, -0.05) is 24.3 Å². The van der Waals surface area contributed by atoms with E-state index in [1.807, 2.05) is 48.5 Å². The number of hydrogen-bond acceptors (Lipinski definition) is 8. The smallest absolute Gasteiger partial charge is 0.337 e. The fraction of sp³-hybridized carbons (Fsp3) is 0.324. The zero-order chi connectivity index (χ0) is 31.2. The van der Waals surface area contributed by atoms with Gasteiger partial charge in [-0.05, 0) is 54.8 Å². The highest BCUT2D eigenvalue weighted by Crippen LogP contribution is 2.40. The van der Waals surface area contributed by atoms with Crippen LogP contribution in [0.4, 0.5) is 0 Å². The lowest BCUT2D eigenvalue weighted by Gasteiger charge is -2.25. The average molecular weight is 600 g/mol. The van der Waals surface area contributed by atoms with Gasteiger partial charge in [0.05, 0.1) is 52.8 Å². The normalized spacial score (nSPS) is 12.4. The van der Waals surface area contributed by atoms with Crippen LogP contribution in [0.25, 0.3) is 0 Å². The van der Waals surface area contributed by atoms with E-state index in [9.17, 15) is 9.59 Å². The number of hydrogen-bond donors (Lipinski definition) is 0. The Hall–Kier alpha value is -4.99. The van der Waals surface area contributed by atoms with E-state index in [4.69, 9.17) is 23.7 Å². The summed E-state index contributed by atoms with van der Waals surface area (Å²) in [5.74, 6) is 2.21. The first-order valence-corrected chi connectivity index (χ1v) is 14.3. The zero-order valence-corrected chi connectivity index (χ0v) is 25.7. The number of esters is 1. The van der Waals surface area contributed by atoms with Crippen LogP contribution in [-0.4, -0.2) is 55.0 Å². The number of benzene rings is 3. The number of rotatable bonds is 13. The summed E-state index contributed by atoms with van der Waals surface area (Å²) in [5.41, 5.74) is 4.40. The quantitative estimate of drug-likeness (QED) is 0.185. The Morgan fingerprint density at radius 1 is 0.864 bits per heavy atom. The molecule has 44 heavy (non-hydrogen) atoms. The van der Waals surface area contributed by atoms with E-state index in [0.717, 1.165) is 35.2 Å². The highest BCUT2D eigenvalue weighted by atomic mass is 16.5. The summed E-state index contributed by atoms with van der Waals surface area (Å²) in [6.07, 6.45) is 2.19. The van der Waals surface area contributed by atoms with E-state index in [2.05, 4.69) is 5.10 Å². The standard InChI is InChI=1S/C34H37N3O7/c1-36-29(18-28(35-36)23-13-14-23)33(38)37(19-25-15-16-27(40-2)17-31(25)41-3)20-26-7-6-8-30(32(26)42-4)44-21-22-9-11-24(12-10-22)34(39)43-5/h6-12,15-18,23H,13-14,19-21H2,1-5H3. The van der Waals surface area contributed by atoms with E-state index in [1.165, 1.54) is 7.11 Å². The second kappa shape index (κ2) is 13.5. The lowest BCUT2D eigenvalue weighted by Crippen LogP contribution is -2.32. The van der Waals surface area contributed by atoms with Gasteiger partial charge in [-0.25, -0.2) is 4.79 Å². The maximum Gasteiger partial charge on any atom is 0.337 e. The minimum Gasteiger partial charge on any atom is -0.497 e. The second-order valence-corrected chi connectivity index (χ2v) is 10.6. The molecular weight excluding hydrogens is 562 g/mol. The van der Waals surface area contributed by atoms with E-state index < -0.39 is 5.97 Å². The third-order valence-corrected chi connectivity index (χ3v) is 7.65. The number of amides is 1. The Morgan fingerprint density at radius 2 is 1.61 bits per heavy atom. The van der Waals surface area contributed by atoms with Crippen molar-refractivity contribution >= 4 is 11.9 Å². The Labute approximate surface area is 257 Å². The molecule has 0 unspecified atom stereocenters. The SMILES string of the molecule is COC(=O)c1ccc(COc2cccc(CN(Cc3ccc(OC)cc3OC)C(=O)c3cc(C4CC4)nn3C)c2OC)cc1. The summed E-state index contributed by atoms with van der Waals surface area (Å²) >= 11 is 0. The van der Waals surface area contributed by atoms with Crippen molar-refractivity contribution < 1.29 is 33.3 Å². The first-order valence-electron chi connectivity index (χ1n) is 14.3. The highest BCUT2D eigenvalue weighted by Gasteiger charge is 2.30. The molecule has 1 aromatic heterocycles. The molecule has 1 heterocycles. The maximum absolute atomic E-state index is 14.1. The topological polar surface area (TPSA) is 101 Å². The minimum atomic E-state index is -0.395. The number of aromatic nitrogens is 2. The number of nitrogens with zero attached hydrogens (tertiary/aromatic N) is 3. The van der Waals surface area contributed by atoms with Crippen molar-refractivity contribution in [1.82, 2.24) is 14.7 Å². The van der Waals surface area contributed by atoms with Crippen molar-refractivity contribution in [3.8, 4) is 23.0 Å². The minimum absolute atomic E-state index is 0.163. The molecular formula is C34H37N3O7. The predicted molar refractivity (Wildman–Crippen MR) is 163 cm³/mol. The Bertz CT molecular complexity index is 1630. The summed E-state index contributed by atoms with van der Waals surface area (Å²) < 4.78 is 29.4. The molecule has 0 saturated heterocycles. The van der Waals surface area contributed by atoms with Crippen molar-refractivity contribution in [2.75, 3.05) is 28.4 Å². The number of para-hydroxylation sites is 1. The van der Waals surface area contributed by atoms with Crippen LogP contribution in [0.2, 0.25) is 0 Å². The third-order valence-electron chi connectivity index (χ3n) is 7.65. The molecule has 1 fully saturated rings. The van der Waals surface area contributed by atoms with Gasteiger partial charge >= 0.3 is 5.97 Å². The van der Waals surface area contributed by atoms with Crippen LogP contribution in [0.5, 0.6) is 23.0 Å². The fourth-order valence-corrected chi connectivity index (χ4v) is 5.07. The van der Waals surface area contributed by atoms with Crippen LogP contribution >= 0.6 is 0 Å². The fourth-order valence-electron chi connectivity index (χ4n) is 5.07. The van der Waals surface area contributed by atoms with Gasteiger partial charge in [-0.2, -0.15) is 5.10 Å². The maximum atomic E-state index is 14.1. The van der Waals surface area contributed by atoms with Gasteiger partial charge in [0.15, 0.2) is 11.5 Å². The predicted octanol–water partition coefficient (Wildman–Crippen LogP) is 5.53. The summed E-state index contributed by atoms with van der Waals surface area (Å²) in [5, 5.41) is 4.63. The molecule has 0 N–H and O–H groups in total. The summed E-state index contributed by atoms with van der Waals surface area (Å²) in [6, 6.07) is 20.1.